The van der Waals surface area contributed by atoms with Crippen molar-refractivity contribution in [3.8, 4) is 0 Å². The Bertz CT molecular complexity index is 300. The second kappa shape index (κ2) is 4.48. The molecule has 0 spiro atoms. The molecule has 0 saturated heterocycles. The fourth-order valence-electron chi connectivity index (χ4n) is 1.27. The van der Waals surface area contributed by atoms with Crippen LogP contribution in [0.2, 0.25) is 0 Å². The largest absolute Gasteiger partial charge is 0.122 e. The molecule has 0 bridgehead atoms. The highest BCUT2D eigenvalue weighted by Gasteiger charge is 2.02. The zero-order valence-corrected chi connectivity index (χ0v) is 8.93. The number of alkyl halides is 1. The van der Waals surface area contributed by atoms with E-state index in [-0.39, 0.29) is 0 Å². The Balaban J connectivity index is 3.14. The summed E-state index contributed by atoms with van der Waals surface area (Å²) in [5, 5.41) is 0. The van der Waals surface area contributed by atoms with Crippen molar-refractivity contribution in [2.45, 2.75) is 25.6 Å². The Kier molecular flexibility index (Phi) is 3.56. The Hall–Kier alpha value is -0.750. The van der Waals surface area contributed by atoms with E-state index >= 15 is 0 Å². The highest BCUT2D eigenvalue weighted by molar-refractivity contribution is 6.17. The second-order valence-corrected chi connectivity index (χ2v) is 3.77. The first-order chi connectivity index (χ1) is 6.17. The van der Waals surface area contributed by atoms with Crippen LogP contribution in [0.4, 0.5) is 0 Å². The average Bonchev–Trinajstić information content (AvgIpc) is 2.16. The minimum atomic E-state index is 0.543. The smallest absolute Gasteiger partial charge is 0.0474 e. The molecule has 0 fully saturated rings. The Morgan fingerprint density at radius 3 is 2.54 bits per heavy atom. The molecule has 0 aliphatic carbocycles. The lowest BCUT2D eigenvalue weighted by atomic mass is 9.98. The van der Waals surface area contributed by atoms with E-state index in [1.165, 1.54) is 11.1 Å². The van der Waals surface area contributed by atoms with Gasteiger partial charge in [-0.25, -0.2) is 0 Å². The number of benzene rings is 1. The van der Waals surface area contributed by atoms with E-state index in [1.807, 2.05) is 6.08 Å². The molecule has 0 aliphatic heterocycles. The number of halogens is 1. The van der Waals surface area contributed by atoms with Gasteiger partial charge < -0.3 is 0 Å². The summed E-state index contributed by atoms with van der Waals surface area (Å²) in [7, 11) is 0. The second-order valence-electron chi connectivity index (χ2n) is 3.50. The lowest BCUT2D eigenvalue weighted by Crippen LogP contribution is -1.91. The van der Waals surface area contributed by atoms with E-state index in [9.17, 15) is 0 Å². The third kappa shape index (κ3) is 2.60. The van der Waals surface area contributed by atoms with Crippen molar-refractivity contribution in [3.05, 3.63) is 41.5 Å². The van der Waals surface area contributed by atoms with E-state index in [4.69, 9.17) is 11.6 Å². The van der Waals surface area contributed by atoms with Crippen LogP contribution >= 0.6 is 11.6 Å². The van der Waals surface area contributed by atoms with Crippen LogP contribution in [0.1, 0.15) is 36.5 Å². The molecule has 1 rings (SSSR count). The average molecular weight is 195 g/mol. The maximum atomic E-state index is 5.80. The molecule has 0 amide bonds. The molecule has 0 aromatic heterocycles. The fourth-order valence-corrected chi connectivity index (χ4v) is 1.43. The van der Waals surface area contributed by atoms with Crippen molar-refractivity contribution in [2.24, 2.45) is 0 Å². The molecule has 0 nitrogen and oxygen atoms in total. The molecule has 0 saturated carbocycles. The van der Waals surface area contributed by atoms with E-state index in [0.717, 1.165) is 5.56 Å². The molecular formula is C12H15Cl. The van der Waals surface area contributed by atoms with Crippen molar-refractivity contribution in [3.63, 3.8) is 0 Å². The van der Waals surface area contributed by atoms with E-state index in [1.54, 1.807) is 0 Å². The van der Waals surface area contributed by atoms with Crippen molar-refractivity contribution in [1.82, 2.24) is 0 Å². The van der Waals surface area contributed by atoms with Gasteiger partial charge in [-0.2, -0.15) is 0 Å². The molecular weight excluding hydrogens is 180 g/mol. The predicted octanol–water partition coefficient (Wildman–Crippen LogP) is 4.19. The highest BCUT2D eigenvalue weighted by atomic mass is 35.5. The van der Waals surface area contributed by atoms with Crippen LogP contribution in [0.25, 0.3) is 6.08 Å². The van der Waals surface area contributed by atoms with Gasteiger partial charge in [-0.05, 0) is 22.6 Å². The van der Waals surface area contributed by atoms with Gasteiger partial charge in [0.1, 0.15) is 0 Å². The first-order valence-corrected chi connectivity index (χ1v) is 5.03. The van der Waals surface area contributed by atoms with Gasteiger partial charge in [0.2, 0.25) is 0 Å². The summed E-state index contributed by atoms with van der Waals surface area (Å²) >= 11 is 5.80. The van der Waals surface area contributed by atoms with Gasteiger partial charge >= 0.3 is 0 Å². The predicted molar refractivity (Wildman–Crippen MR) is 60.2 cm³/mol. The SMILES string of the molecule is C=Cc1cc(CCl)cc(C(C)C)c1. The van der Waals surface area contributed by atoms with Crippen LogP contribution in [0.15, 0.2) is 24.8 Å². The number of hydrogen-bond acceptors (Lipinski definition) is 0. The molecule has 1 heteroatoms. The summed E-state index contributed by atoms with van der Waals surface area (Å²) in [6.45, 7) is 8.13. The molecule has 70 valence electrons. The zero-order valence-electron chi connectivity index (χ0n) is 8.18. The summed E-state index contributed by atoms with van der Waals surface area (Å²) in [6.07, 6.45) is 1.86. The van der Waals surface area contributed by atoms with Crippen LogP contribution in [-0.4, -0.2) is 0 Å². The molecule has 0 N–H and O–H groups in total. The molecule has 13 heavy (non-hydrogen) atoms. The van der Waals surface area contributed by atoms with Gasteiger partial charge in [-0.15, -0.1) is 11.6 Å². The summed E-state index contributed by atoms with van der Waals surface area (Å²) < 4.78 is 0. The van der Waals surface area contributed by atoms with Crippen LogP contribution < -0.4 is 0 Å². The van der Waals surface area contributed by atoms with Crippen molar-refractivity contribution >= 4 is 17.7 Å². The Morgan fingerprint density at radius 1 is 1.38 bits per heavy atom. The Morgan fingerprint density at radius 2 is 2.08 bits per heavy atom. The van der Waals surface area contributed by atoms with Crippen molar-refractivity contribution < 1.29 is 0 Å². The molecule has 0 aliphatic rings. The van der Waals surface area contributed by atoms with Crippen LogP contribution in [0.3, 0.4) is 0 Å². The maximum absolute atomic E-state index is 5.80. The van der Waals surface area contributed by atoms with Gasteiger partial charge in [0, 0.05) is 5.88 Å². The lowest BCUT2D eigenvalue weighted by molar-refractivity contribution is 0.864. The highest BCUT2D eigenvalue weighted by Crippen LogP contribution is 2.20. The minimum Gasteiger partial charge on any atom is -0.122 e. The molecule has 1 aromatic rings. The van der Waals surface area contributed by atoms with Crippen LogP contribution in [0, 0.1) is 0 Å². The van der Waals surface area contributed by atoms with Gasteiger partial charge in [0.25, 0.3) is 0 Å². The molecule has 0 heterocycles. The van der Waals surface area contributed by atoms with E-state index in [2.05, 4.69) is 38.6 Å². The zero-order chi connectivity index (χ0) is 9.84. The lowest BCUT2D eigenvalue weighted by Gasteiger charge is -2.08. The summed E-state index contributed by atoms with van der Waals surface area (Å²) in [6, 6.07) is 6.39. The van der Waals surface area contributed by atoms with Crippen molar-refractivity contribution in [1.29, 1.82) is 0 Å². The molecule has 0 unspecified atom stereocenters. The molecule has 1 aromatic carbocycles. The summed E-state index contributed by atoms with van der Waals surface area (Å²) in [5.41, 5.74) is 3.65. The van der Waals surface area contributed by atoms with Crippen molar-refractivity contribution in [2.75, 3.05) is 0 Å². The normalized spacial score (nSPS) is 10.5. The standard InChI is InChI=1S/C12H15Cl/c1-4-10-5-11(8-13)7-12(6-10)9(2)3/h4-7,9H,1,8H2,2-3H3. The van der Waals surface area contributed by atoms with Gasteiger partial charge in [0.05, 0.1) is 0 Å². The minimum absolute atomic E-state index is 0.543. The fraction of sp³-hybridized carbons (Fsp3) is 0.333. The molecule has 0 radical (unpaired) electrons. The summed E-state index contributed by atoms with van der Waals surface area (Å²) in [4.78, 5) is 0. The number of hydrogen-bond donors (Lipinski definition) is 0. The third-order valence-corrected chi connectivity index (χ3v) is 2.40. The van der Waals surface area contributed by atoms with Gasteiger partial charge in [-0.3, -0.25) is 0 Å². The third-order valence-electron chi connectivity index (χ3n) is 2.09. The van der Waals surface area contributed by atoms with Crippen LogP contribution in [-0.2, 0) is 5.88 Å². The quantitative estimate of drug-likeness (QED) is 0.633. The van der Waals surface area contributed by atoms with Gasteiger partial charge in [0.15, 0.2) is 0 Å². The maximum Gasteiger partial charge on any atom is 0.0474 e. The number of rotatable bonds is 3. The first kappa shape index (κ1) is 10.3. The molecule has 0 atom stereocenters. The van der Waals surface area contributed by atoms with Crippen LogP contribution in [0.5, 0.6) is 0 Å². The first-order valence-electron chi connectivity index (χ1n) is 4.49. The van der Waals surface area contributed by atoms with Gasteiger partial charge in [-0.1, -0.05) is 44.7 Å². The Labute approximate surface area is 85.2 Å². The summed E-state index contributed by atoms with van der Waals surface area (Å²) in [5.74, 6) is 1.11. The van der Waals surface area contributed by atoms with E-state index < -0.39 is 0 Å². The van der Waals surface area contributed by atoms with E-state index in [0.29, 0.717) is 11.8 Å². The monoisotopic (exact) mass is 194 g/mol. The topological polar surface area (TPSA) is 0 Å².